The molecule has 0 aliphatic heterocycles. The third-order valence-electron chi connectivity index (χ3n) is 9.46. The predicted molar refractivity (Wildman–Crippen MR) is 229 cm³/mol. The smallest absolute Gasteiger partial charge is 0.422 e. The van der Waals surface area contributed by atoms with Crippen molar-refractivity contribution in [3.8, 4) is 39.7 Å². The SMILES string of the molecule is C.C.C.C.COc1cc[n+](C)c(-c2c(C)cc(F)cc2F)c1.Cc1cc(F)ccc1-c1ccc(C(F)(F)F)c[n+]1C.Cc1ccc(C(F)(F)F)cc1-c1[nH]c2ccccc2[n+]1C. The Hall–Kier alpha value is -6.18. The third kappa shape index (κ3) is 12.2. The van der Waals surface area contributed by atoms with Gasteiger partial charge in [-0.3, -0.25) is 0 Å². The van der Waals surface area contributed by atoms with Gasteiger partial charge in [-0.25, -0.2) is 31.9 Å². The van der Waals surface area contributed by atoms with Crippen LogP contribution in [-0.2, 0) is 33.5 Å². The lowest BCUT2D eigenvalue weighted by Crippen LogP contribution is -2.32. The molecule has 14 heteroatoms. The largest absolute Gasteiger partial charge is 0.496 e. The van der Waals surface area contributed by atoms with Gasteiger partial charge in [-0.1, -0.05) is 47.9 Å². The van der Waals surface area contributed by atoms with Gasteiger partial charge in [0.15, 0.2) is 23.4 Å². The molecule has 1 N–H and O–H groups in total. The van der Waals surface area contributed by atoms with E-state index in [1.807, 2.05) is 35.9 Å². The molecule has 0 atom stereocenters. The number of imidazole rings is 1. The van der Waals surface area contributed by atoms with Crippen molar-refractivity contribution in [2.45, 2.75) is 62.8 Å². The summed E-state index contributed by atoms with van der Waals surface area (Å²) in [6.45, 7) is 5.21. The van der Waals surface area contributed by atoms with Crippen molar-refractivity contribution in [2.75, 3.05) is 7.11 Å². The van der Waals surface area contributed by atoms with Crippen molar-refractivity contribution in [3.05, 3.63) is 155 Å². The van der Waals surface area contributed by atoms with Gasteiger partial charge in [0.05, 0.1) is 36.9 Å². The van der Waals surface area contributed by atoms with Crippen LogP contribution in [0.1, 0.15) is 57.5 Å². The Morgan fingerprint density at radius 2 is 1.18 bits per heavy atom. The molecule has 62 heavy (non-hydrogen) atoms. The Bertz CT molecular complexity index is 2570. The molecular weight excluding hydrogens is 820 g/mol. The van der Waals surface area contributed by atoms with Crippen molar-refractivity contribution in [2.24, 2.45) is 21.1 Å². The number of para-hydroxylation sites is 2. The molecule has 0 saturated carbocycles. The molecule has 334 valence electrons. The predicted octanol–water partition coefficient (Wildman–Crippen LogP) is 12.9. The number of hydrogen-bond acceptors (Lipinski definition) is 1. The van der Waals surface area contributed by atoms with E-state index < -0.39 is 35.1 Å². The fraction of sp³-hybridized carbons (Fsp3) is 0.271. The second kappa shape index (κ2) is 21.6. The second-order valence-electron chi connectivity index (χ2n) is 13.6. The number of halogens is 9. The minimum atomic E-state index is -4.37. The van der Waals surface area contributed by atoms with E-state index in [9.17, 15) is 39.5 Å². The number of alkyl halides is 6. The molecule has 0 amide bonds. The molecule has 0 saturated heterocycles. The summed E-state index contributed by atoms with van der Waals surface area (Å²) < 4.78 is 127. The molecule has 0 unspecified atom stereocenters. The minimum absolute atomic E-state index is 0. The molecule has 3 aromatic heterocycles. The lowest BCUT2D eigenvalue weighted by Gasteiger charge is -2.09. The van der Waals surface area contributed by atoms with Crippen LogP contribution in [0.4, 0.5) is 39.5 Å². The lowest BCUT2D eigenvalue weighted by molar-refractivity contribution is -0.661. The quantitative estimate of drug-likeness (QED) is 0.139. The Morgan fingerprint density at radius 3 is 1.74 bits per heavy atom. The zero-order valence-corrected chi connectivity index (χ0v) is 32.5. The molecule has 7 aromatic rings. The molecular formula is C48H56F9N4O+3. The zero-order valence-electron chi connectivity index (χ0n) is 32.5. The fourth-order valence-electron chi connectivity index (χ4n) is 6.43. The molecule has 4 aromatic carbocycles. The molecule has 0 bridgehead atoms. The number of methoxy groups -OCH3 is 1. The van der Waals surface area contributed by atoms with Crippen molar-refractivity contribution in [3.63, 3.8) is 0 Å². The average molecular weight is 876 g/mol. The van der Waals surface area contributed by atoms with E-state index in [-0.39, 0.29) is 35.5 Å². The average Bonchev–Trinajstić information content (AvgIpc) is 3.48. The van der Waals surface area contributed by atoms with E-state index in [1.165, 1.54) is 48.0 Å². The van der Waals surface area contributed by atoms with Crippen LogP contribution in [0.3, 0.4) is 0 Å². The highest BCUT2D eigenvalue weighted by atomic mass is 19.4. The second-order valence-corrected chi connectivity index (χ2v) is 13.6. The highest BCUT2D eigenvalue weighted by Crippen LogP contribution is 2.34. The first-order valence-electron chi connectivity index (χ1n) is 17.7. The molecule has 5 nitrogen and oxygen atoms in total. The number of fused-ring (bicyclic) bond motifs is 1. The maximum Gasteiger partial charge on any atom is 0.422 e. The number of pyridine rings is 2. The van der Waals surface area contributed by atoms with Crippen molar-refractivity contribution in [1.29, 1.82) is 0 Å². The summed E-state index contributed by atoms with van der Waals surface area (Å²) in [7, 11) is 6.73. The number of nitrogens with one attached hydrogen (secondary N) is 1. The van der Waals surface area contributed by atoms with Gasteiger partial charge in [0.2, 0.25) is 11.4 Å². The Balaban J connectivity index is 0.000000452. The van der Waals surface area contributed by atoms with Gasteiger partial charge in [0.25, 0.3) is 5.82 Å². The number of aryl methyl sites for hydroxylation is 6. The van der Waals surface area contributed by atoms with Crippen molar-refractivity contribution >= 4 is 11.0 Å². The normalized spacial score (nSPS) is 10.7. The standard InChI is InChI=1S/C16H13F3N2.C14H12F4N.C14H14F2NO.4CH4/c1-10-7-8-11(16(17,18)19)9-12(10)15-20-13-5-3-4-6-14(13)21(15)2;1-9-7-11(15)4-5-12(9)13-6-3-10(8-19(13)2)14(16,17)18;1-9-6-10(15)7-12(16)14(9)13-8-11(18-3)4-5-17(13)2;;;;/h3-9H,1-2H3;3-8H,1-2H3;4-8H,1-3H3;4*1H4/q;2*+1;;;;/p+1. The van der Waals surface area contributed by atoms with E-state index in [4.69, 9.17) is 4.74 Å². The summed E-state index contributed by atoms with van der Waals surface area (Å²) in [6.07, 6.45) is -5.91. The van der Waals surface area contributed by atoms with E-state index in [0.29, 0.717) is 50.8 Å². The van der Waals surface area contributed by atoms with E-state index in [2.05, 4.69) is 4.98 Å². The number of ether oxygens (including phenoxy) is 1. The van der Waals surface area contributed by atoms with Gasteiger partial charge in [0, 0.05) is 23.8 Å². The van der Waals surface area contributed by atoms with Gasteiger partial charge < -0.3 is 4.74 Å². The van der Waals surface area contributed by atoms with Crippen LogP contribution in [0.5, 0.6) is 5.75 Å². The monoisotopic (exact) mass is 875 g/mol. The third-order valence-corrected chi connectivity index (χ3v) is 9.46. The summed E-state index contributed by atoms with van der Waals surface area (Å²) in [5, 5.41) is 0. The fourth-order valence-corrected chi connectivity index (χ4v) is 6.43. The summed E-state index contributed by atoms with van der Waals surface area (Å²) >= 11 is 0. The minimum Gasteiger partial charge on any atom is -0.496 e. The number of aromatic amines is 1. The van der Waals surface area contributed by atoms with Crippen LogP contribution in [0, 0.1) is 38.2 Å². The van der Waals surface area contributed by atoms with Crippen LogP contribution in [0.15, 0.2) is 109 Å². The van der Waals surface area contributed by atoms with Gasteiger partial charge >= 0.3 is 12.4 Å². The summed E-state index contributed by atoms with van der Waals surface area (Å²) in [4.78, 5) is 3.20. The van der Waals surface area contributed by atoms with Crippen LogP contribution in [0.25, 0.3) is 44.9 Å². The highest BCUT2D eigenvalue weighted by molar-refractivity contribution is 5.75. The maximum atomic E-state index is 13.9. The van der Waals surface area contributed by atoms with E-state index in [0.717, 1.165) is 41.0 Å². The number of H-pyrrole nitrogens is 1. The topological polar surface area (TPSA) is 36.7 Å². The first kappa shape index (κ1) is 53.8. The number of nitrogens with zero attached hydrogens (tertiary/aromatic N) is 3. The zero-order chi connectivity index (χ0) is 42.7. The Labute approximate surface area is 358 Å². The maximum absolute atomic E-state index is 13.9. The molecule has 3 heterocycles. The van der Waals surface area contributed by atoms with Crippen molar-refractivity contribution < 1.29 is 58.0 Å². The molecule has 0 radical (unpaired) electrons. The number of benzene rings is 4. The summed E-state index contributed by atoms with van der Waals surface area (Å²) in [6, 6.07) is 23.8. The first-order valence-corrected chi connectivity index (χ1v) is 17.7. The molecule has 0 aliphatic rings. The Morgan fingerprint density at radius 1 is 0.565 bits per heavy atom. The van der Waals surface area contributed by atoms with Gasteiger partial charge in [-0.2, -0.15) is 26.3 Å². The number of hydrogen-bond donors (Lipinski definition) is 1. The van der Waals surface area contributed by atoms with E-state index in [1.54, 1.807) is 63.9 Å². The Kier molecular flexibility index (Phi) is 18.7. The molecule has 0 spiro atoms. The molecule has 0 fully saturated rings. The highest BCUT2D eigenvalue weighted by Gasteiger charge is 2.34. The summed E-state index contributed by atoms with van der Waals surface area (Å²) in [5.74, 6) is -0.211. The first-order chi connectivity index (χ1) is 27.2. The van der Waals surface area contributed by atoms with Gasteiger partial charge in [-0.05, 0) is 92.1 Å². The van der Waals surface area contributed by atoms with Crippen molar-refractivity contribution in [1.82, 2.24) is 4.98 Å². The number of aromatic nitrogens is 4. The van der Waals surface area contributed by atoms with Gasteiger partial charge in [0.1, 0.15) is 42.9 Å². The van der Waals surface area contributed by atoms with Crippen LogP contribution >= 0.6 is 0 Å². The van der Waals surface area contributed by atoms with Crippen LogP contribution in [-0.4, -0.2) is 12.1 Å². The van der Waals surface area contributed by atoms with E-state index >= 15 is 0 Å². The number of rotatable bonds is 4. The summed E-state index contributed by atoms with van der Waals surface area (Å²) in [5.41, 5.74) is 5.42. The molecule has 0 aliphatic carbocycles. The van der Waals surface area contributed by atoms with Crippen LogP contribution in [0.2, 0.25) is 0 Å². The lowest BCUT2D eigenvalue weighted by atomic mass is 10.0. The van der Waals surface area contributed by atoms with Gasteiger partial charge in [-0.15, -0.1) is 0 Å². The van der Waals surface area contributed by atoms with Crippen LogP contribution < -0.4 is 18.4 Å². The molecule has 7 rings (SSSR count).